The van der Waals surface area contributed by atoms with Gasteiger partial charge in [0.1, 0.15) is 5.82 Å². The zero-order chi connectivity index (χ0) is 13.5. The Morgan fingerprint density at radius 2 is 2.22 bits per heavy atom. The summed E-state index contributed by atoms with van der Waals surface area (Å²) in [6.45, 7) is 2.00. The highest BCUT2D eigenvalue weighted by molar-refractivity contribution is 7.91. The minimum atomic E-state index is -2.89. The zero-order valence-electron chi connectivity index (χ0n) is 11.0. The van der Waals surface area contributed by atoms with Crippen LogP contribution in [0, 0.1) is 0 Å². The average Bonchev–Trinajstić information content (AvgIpc) is 2.78. The highest BCUT2D eigenvalue weighted by Gasteiger charge is 2.32. The average molecular weight is 272 g/mol. The summed E-state index contributed by atoms with van der Waals surface area (Å²) in [6, 6.07) is -0.00240. The Bertz CT molecular complexity index is 550. The third-order valence-corrected chi connectivity index (χ3v) is 5.30. The summed E-state index contributed by atoms with van der Waals surface area (Å²) < 4.78 is 24.8. The Morgan fingerprint density at radius 3 is 2.67 bits per heavy atom. The summed E-state index contributed by atoms with van der Waals surface area (Å²) in [5.41, 5.74) is 7.60. The SMILES string of the molecule is CCc1nn(C)c(N(C)C2CCS(=O)(=O)C2)c1N. The predicted octanol–water partition coefficient (Wildman–Crippen LogP) is 0.188. The first-order valence-corrected chi connectivity index (χ1v) is 7.92. The van der Waals surface area contributed by atoms with Gasteiger partial charge in [0.25, 0.3) is 0 Å². The molecule has 0 aliphatic carbocycles. The second-order valence-corrected chi connectivity index (χ2v) is 7.06. The van der Waals surface area contributed by atoms with Gasteiger partial charge in [-0.1, -0.05) is 6.92 Å². The van der Waals surface area contributed by atoms with Crippen molar-refractivity contribution in [2.45, 2.75) is 25.8 Å². The number of nitrogens with zero attached hydrogens (tertiary/aromatic N) is 3. The first kappa shape index (κ1) is 13.2. The molecule has 0 amide bonds. The summed E-state index contributed by atoms with van der Waals surface area (Å²) in [7, 11) is 0.840. The van der Waals surface area contributed by atoms with Gasteiger partial charge in [0.05, 0.1) is 22.9 Å². The van der Waals surface area contributed by atoms with E-state index in [1.807, 2.05) is 25.9 Å². The lowest BCUT2D eigenvalue weighted by atomic mass is 10.2. The van der Waals surface area contributed by atoms with Gasteiger partial charge in [0.15, 0.2) is 9.84 Å². The summed E-state index contributed by atoms with van der Waals surface area (Å²) in [4.78, 5) is 1.95. The van der Waals surface area contributed by atoms with E-state index in [0.717, 1.165) is 17.9 Å². The molecule has 1 aromatic heterocycles. The lowest BCUT2D eigenvalue weighted by Crippen LogP contribution is -2.34. The van der Waals surface area contributed by atoms with E-state index in [4.69, 9.17) is 5.73 Å². The van der Waals surface area contributed by atoms with Gasteiger partial charge in [-0.15, -0.1) is 0 Å². The highest BCUT2D eigenvalue weighted by atomic mass is 32.2. The molecule has 1 aliphatic heterocycles. The zero-order valence-corrected chi connectivity index (χ0v) is 11.9. The number of nitrogens with two attached hydrogens (primary N) is 1. The van der Waals surface area contributed by atoms with Crippen LogP contribution in [-0.2, 0) is 23.3 Å². The number of aromatic nitrogens is 2. The number of sulfone groups is 1. The molecule has 1 saturated heterocycles. The fourth-order valence-electron chi connectivity index (χ4n) is 2.52. The Kier molecular flexibility index (Phi) is 3.27. The summed E-state index contributed by atoms with van der Waals surface area (Å²) in [5, 5.41) is 4.36. The molecule has 0 bridgehead atoms. The fraction of sp³-hybridized carbons (Fsp3) is 0.727. The Hall–Kier alpha value is -1.24. The van der Waals surface area contributed by atoms with E-state index in [-0.39, 0.29) is 17.5 Å². The van der Waals surface area contributed by atoms with Crippen LogP contribution in [0.1, 0.15) is 19.0 Å². The molecular weight excluding hydrogens is 252 g/mol. The minimum Gasteiger partial charge on any atom is -0.394 e. The third-order valence-electron chi connectivity index (χ3n) is 3.55. The molecule has 1 atom stereocenters. The smallest absolute Gasteiger partial charge is 0.152 e. The van der Waals surface area contributed by atoms with Crippen LogP contribution in [0.25, 0.3) is 0 Å². The molecule has 1 unspecified atom stereocenters. The second kappa shape index (κ2) is 4.46. The number of aryl methyl sites for hydroxylation is 2. The van der Waals surface area contributed by atoms with Gasteiger partial charge in [-0.05, 0) is 12.8 Å². The van der Waals surface area contributed by atoms with Crippen LogP contribution in [0.5, 0.6) is 0 Å². The maximum Gasteiger partial charge on any atom is 0.152 e. The van der Waals surface area contributed by atoms with Gasteiger partial charge in [0, 0.05) is 20.1 Å². The van der Waals surface area contributed by atoms with Crippen molar-refractivity contribution in [2.24, 2.45) is 7.05 Å². The number of hydrogen-bond donors (Lipinski definition) is 1. The van der Waals surface area contributed by atoms with Gasteiger partial charge in [-0.2, -0.15) is 5.10 Å². The maximum absolute atomic E-state index is 11.5. The molecule has 2 heterocycles. The Morgan fingerprint density at radius 1 is 1.56 bits per heavy atom. The Balaban J connectivity index is 2.29. The molecule has 1 aliphatic rings. The molecule has 102 valence electrons. The molecule has 2 rings (SSSR count). The largest absolute Gasteiger partial charge is 0.394 e. The van der Waals surface area contributed by atoms with E-state index >= 15 is 0 Å². The van der Waals surface area contributed by atoms with E-state index in [1.165, 1.54) is 0 Å². The lowest BCUT2D eigenvalue weighted by Gasteiger charge is -2.25. The quantitative estimate of drug-likeness (QED) is 0.849. The van der Waals surface area contributed by atoms with E-state index in [9.17, 15) is 8.42 Å². The minimum absolute atomic E-state index is 0.00240. The molecule has 1 aromatic rings. The number of rotatable bonds is 3. The molecule has 6 nitrogen and oxygen atoms in total. The molecule has 0 aromatic carbocycles. The maximum atomic E-state index is 11.5. The summed E-state index contributed by atoms with van der Waals surface area (Å²) >= 11 is 0. The predicted molar refractivity (Wildman–Crippen MR) is 72.5 cm³/mol. The van der Waals surface area contributed by atoms with Crippen molar-refractivity contribution < 1.29 is 8.42 Å². The summed E-state index contributed by atoms with van der Waals surface area (Å²) in [6.07, 6.45) is 1.43. The Labute approximate surface area is 108 Å². The number of hydrogen-bond acceptors (Lipinski definition) is 5. The number of nitrogen functional groups attached to an aromatic ring is 1. The van der Waals surface area contributed by atoms with Crippen molar-refractivity contribution >= 4 is 21.3 Å². The van der Waals surface area contributed by atoms with Gasteiger partial charge in [-0.3, -0.25) is 4.68 Å². The second-order valence-electron chi connectivity index (χ2n) is 4.83. The van der Waals surface area contributed by atoms with Gasteiger partial charge < -0.3 is 10.6 Å². The molecule has 0 radical (unpaired) electrons. The van der Waals surface area contributed by atoms with Crippen LogP contribution in [-0.4, -0.2) is 42.8 Å². The van der Waals surface area contributed by atoms with Gasteiger partial charge >= 0.3 is 0 Å². The first-order chi connectivity index (χ1) is 8.35. The third kappa shape index (κ3) is 2.19. The lowest BCUT2D eigenvalue weighted by molar-refractivity contribution is 0.600. The fourth-order valence-corrected chi connectivity index (χ4v) is 4.29. The van der Waals surface area contributed by atoms with Crippen molar-refractivity contribution in [1.29, 1.82) is 0 Å². The molecule has 2 N–H and O–H groups in total. The van der Waals surface area contributed by atoms with Crippen molar-refractivity contribution in [3.8, 4) is 0 Å². The standard InChI is InChI=1S/C11H20N4O2S/c1-4-9-10(12)11(15(3)13-9)14(2)8-5-6-18(16,17)7-8/h8H,4-7,12H2,1-3H3. The van der Waals surface area contributed by atoms with Crippen LogP contribution < -0.4 is 10.6 Å². The van der Waals surface area contributed by atoms with Crippen molar-refractivity contribution in [2.75, 3.05) is 29.2 Å². The van der Waals surface area contributed by atoms with Gasteiger partial charge in [0.2, 0.25) is 0 Å². The van der Waals surface area contributed by atoms with Crippen molar-refractivity contribution in [1.82, 2.24) is 9.78 Å². The molecular formula is C11H20N4O2S. The molecule has 7 heteroatoms. The normalized spacial score (nSPS) is 22.3. The van der Waals surface area contributed by atoms with Crippen LogP contribution in [0.15, 0.2) is 0 Å². The van der Waals surface area contributed by atoms with Crippen LogP contribution in [0.2, 0.25) is 0 Å². The van der Waals surface area contributed by atoms with E-state index in [0.29, 0.717) is 12.1 Å². The van der Waals surface area contributed by atoms with Crippen molar-refractivity contribution in [3.63, 3.8) is 0 Å². The van der Waals surface area contributed by atoms with Gasteiger partial charge in [-0.25, -0.2) is 8.42 Å². The number of anilines is 2. The molecule has 0 spiro atoms. The monoisotopic (exact) mass is 272 g/mol. The summed E-state index contributed by atoms with van der Waals surface area (Å²) in [5.74, 6) is 1.28. The van der Waals surface area contributed by atoms with E-state index in [1.54, 1.807) is 4.68 Å². The van der Waals surface area contributed by atoms with Crippen LogP contribution >= 0.6 is 0 Å². The highest BCUT2D eigenvalue weighted by Crippen LogP contribution is 2.29. The topological polar surface area (TPSA) is 81.2 Å². The van der Waals surface area contributed by atoms with E-state index < -0.39 is 9.84 Å². The molecule has 0 saturated carbocycles. The molecule has 1 fully saturated rings. The van der Waals surface area contributed by atoms with Crippen LogP contribution in [0.4, 0.5) is 11.5 Å². The van der Waals surface area contributed by atoms with Crippen molar-refractivity contribution in [3.05, 3.63) is 5.69 Å². The van der Waals surface area contributed by atoms with Crippen LogP contribution in [0.3, 0.4) is 0 Å². The molecule has 18 heavy (non-hydrogen) atoms. The first-order valence-electron chi connectivity index (χ1n) is 6.10. The van der Waals surface area contributed by atoms with E-state index in [2.05, 4.69) is 5.10 Å².